The van der Waals surface area contributed by atoms with Crippen LogP contribution < -0.4 is 5.32 Å². The Kier molecular flexibility index (Phi) is 3.93. The van der Waals surface area contributed by atoms with Crippen LogP contribution in [0.5, 0.6) is 0 Å². The maximum absolute atomic E-state index is 13.7. The molecule has 0 saturated heterocycles. The maximum Gasteiger partial charge on any atom is 0.311 e. The minimum absolute atomic E-state index is 0.126. The number of nitrogens with zero attached hydrogens (tertiary/aromatic N) is 2. The Bertz CT molecular complexity index is 646. The summed E-state index contributed by atoms with van der Waals surface area (Å²) in [4.78, 5) is 14.6. The molecule has 0 saturated carbocycles. The monoisotopic (exact) mass is 275 g/mol. The zero-order chi connectivity index (χ0) is 14.7. The Balaban J connectivity index is 2.32. The molecule has 5 nitrogen and oxygen atoms in total. The van der Waals surface area contributed by atoms with E-state index in [1.54, 1.807) is 38.1 Å². The van der Waals surface area contributed by atoms with Gasteiger partial charge in [-0.1, -0.05) is 18.2 Å². The van der Waals surface area contributed by atoms with Crippen molar-refractivity contribution in [1.29, 1.82) is 0 Å². The standard InChI is InChI=1S/C14H14FN3O2/c1-9-7-8-13(18(19)20)14(16-9)17-10(2)11-5-3-4-6-12(11)15/h3-8,10H,1-2H3,(H,16,17). The molecule has 0 aliphatic rings. The number of benzene rings is 1. The molecular formula is C14H14FN3O2. The highest BCUT2D eigenvalue weighted by Crippen LogP contribution is 2.27. The van der Waals surface area contributed by atoms with Crippen molar-refractivity contribution >= 4 is 11.5 Å². The topological polar surface area (TPSA) is 68.1 Å². The van der Waals surface area contributed by atoms with Crippen LogP contribution in [0.3, 0.4) is 0 Å². The molecule has 1 heterocycles. The van der Waals surface area contributed by atoms with E-state index in [0.29, 0.717) is 11.3 Å². The van der Waals surface area contributed by atoms with Crippen LogP contribution >= 0.6 is 0 Å². The minimum Gasteiger partial charge on any atom is -0.358 e. The number of aromatic nitrogens is 1. The Morgan fingerprint density at radius 3 is 2.65 bits per heavy atom. The lowest BCUT2D eigenvalue weighted by Gasteiger charge is -2.15. The first-order valence-corrected chi connectivity index (χ1v) is 6.12. The summed E-state index contributed by atoms with van der Waals surface area (Å²) in [5, 5.41) is 13.9. The highest BCUT2D eigenvalue weighted by molar-refractivity contribution is 5.57. The van der Waals surface area contributed by atoms with Gasteiger partial charge in [-0.25, -0.2) is 9.37 Å². The summed E-state index contributed by atoms with van der Waals surface area (Å²) in [5.41, 5.74) is 0.961. The van der Waals surface area contributed by atoms with Gasteiger partial charge in [0.1, 0.15) is 5.82 Å². The zero-order valence-electron chi connectivity index (χ0n) is 11.1. The van der Waals surface area contributed by atoms with Crippen LogP contribution in [-0.2, 0) is 0 Å². The van der Waals surface area contributed by atoms with Crippen LogP contribution in [0.4, 0.5) is 15.9 Å². The van der Waals surface area contributed by atoms with E-state index in [0.717, 1.165) is 0 Å². The van der Waals surface area contributed by atoms with Crippen LogP contribution in [0.25, 0.3) is 0 Å². The smallest absolute Gasteiger partial charge is 0.311 e. The zero-order valence-corrected chi connectivity index (χ0v) is 11.1. The van der Waals surface area contributed by atoms with Gasteiger partial charge in [-0.05, 0) is 26.0 Å². The van der Waals surface area contributed by atoms with Gasteiger partial charge in [0, 0.05) is 17.3 Å². The van der Waals surface area contributed by atoms with E-state index >= 15 is 0 Å². The Morgan fingerprint density at radius 2 is 2.00 bits per heavy atom. The van der Waals surface area contributed by atoms with E-state index in [9.17, 15) is 14.5 Å². The summed E-state index contributed by atoms with van der Waals surface area (Å²) in [6, 6.07) is 8.83. The Morgan fingerprint density at radius 1 is 1.30 bits per heavy atom. The quantitative estimate of drug-likeness (QED) is 0.683. The molecule has 0 aliphatic heterocycles. The van der Waals surface area contributed by atoms with Crippen molar-refractivity contribution in [2.45, 2.75) is 19.9 Å². The van der Waals surface area contributed by atoms with E-state index in [1.807, 2.05) is 0 Å². The third-order valence-corrected chi connectivity index (χ3v) is 2.93. The van der Waals surface area contributed by atoms with Gasteiger partial charge in [-0.15, -0.1) is 0 Å². The summed E-state index contributed by atoms with van der Waals surface area (Å²) >= 11 is 0. The summed E-state index contributed by atoms with van der Waals surface area (Å²) in [5.74, 6) is -0.214. The lowest BCUT2D eigenvalue weighted by molar-refractivity contribution is -0.384. The molecule has 0 bridgehead atoms. The predicted molar refractivity (Wildman–Crippen MR) is 74.1 cm³/mol. The number of rotatable bonds is 4. The molecule has 0 spiro atoms. The van der Waals surface area contributed by atoms with Gasteiger partial charge < -0.3 is 5.32 Å². The average Bonchev–Trinajstić information content (AvgIpc) is 2.38. The molecule has 2 rings (SSSR count). The number of anilines is 1. The van der Waals surface area contributed by atoms with E-state index < -0.39 is 11.0 Å². The van der Waals surface area contributed by atoms with Crippen LogP contribution in [0, 0.1) is 22.9 Å². The fraction of sp³-hybridized carbons (Fsp3) is 0.214. The first kappa shape index (κ1) is 13.9. The molecular weight excluding hydrogens is 261 g/mol. The van der Waals surface area contributed by atoms with Crippen molar-refractivity contribution in [2.24, 2.45) is 0 Å². The molecule has 2 aromatic rings. The van der Waals surface area contributed by atoms with E-state index in [-0.39, 0.29) is 17.3 Å². The van der Waals surface area contributed by atoms with Gasteiger partial charge in [-0.3, -0.25) is 10.1 Å². The third kappa shape index (κ3) is 2.90. The van der Waals surface area contributed by atoms with Gasteiger partial charge in [0.05, 0.1) is 11.0 Å². The Labute approximate surface area is 115 Å². The number of hydrogen-bond acceptors (Lipinski definition) is 4. The summed E-state index contributed by atoms with van der Waals surface area (Å²) < 4.78 is 13.7. The molecule has 1 aromatic carbocycles. The molecule has 1 aromatic heterocycles. The summed E-state index contributed by atoms with van der Waals surface area (Å²) in [7, 11) is 0. The molecule has 104 valence electrons. The number of aryl methyl sites for hydroxylation is 1. The summed E-state index contributed by atoms with van der Waals surface area (Å²) in [6.07, 6.45) is 0. The molecule has 1 unspecified atom stereocenters. The van der Waals surface area contributed by atoms with Gasteiger partial charge in [0.15, 0.2) is 0 Å². The van der Waals surface area contributed by atoms with Gasteiger partial charge in [0.25, 0.3) is 0 Å². The van der Waals surface area contributed by atoms with E-state index in [4.69, 9.17) is 0 Å². The van der Waals surface area contributed by atoms with Gasteiger partial charge >= 0.3 is 5.69 Å². The van der Waals surface area contributed by atoms with Crippen molar-refractivity contribution < 1.29 is 9.31 Å². The first-order chi connectivity index (χ1) is 9.49. The van der Waals surface area contributed by atoms with Crippen LogP contribution in [0.2, 0.25) is 0 Å². The molecule has 1 N–H and O–H groups in total. The molecule has 0 amide bonds. The third-order valence-electron chi connectivity index (χ3n) is 2.93. The first-order valence-electron chi connectivity index (χ1n) is 6.12. The fourth-order valence-corrected chi connectivity index (χ4v) is 1.91. The molecule has 0 fully saturated rings. The lowest BCUT2D eigenvalue weighted by Crippen LogP contribution is -2.11. The van der Waals surface area contributed by atoms with Crippen LogP contribution in [0.15, 0.2) is 36.4 Å². The van der Waals surface area contributed by atoms with Crippen molar-refractivity contribution in [2.75, 3.05) is 5.32 Å². The minimum atomic E-state index is -0.511. The lowest BCUT2D eigenvalue weighted by atomic mass is 10.1. The molecule has 6 heteroatoms. The molecule has 1 atom stereocenters. The number of nitro groups is 1. The number of pyridine rings is 1. The second-order valence-corrected chi connectivity index (χ2v) is 4.47. The van der Waals surface area contributed by atoms with Gasteiger partial charge in [-0.2, -0.15) is 0 Å². The second-order valence-electron chi connectivity index (χ2n) is 4.47. The normalized spacial score (nSPS) is 11.9. The largest absolute Gasteiger partial charge is 0.358 e. The number of nitrogens with one attached hydrogen (secondary N) is 1. The molecule has 0 radical (unpaired) electrons. The van der Waals surface area contributed by atoms with Crippen molar-refractivity contribution in [3.8, 4) is 0 Å². The maximum atomic E-state index is 13.7. The number of hydrogen-bond donors (Lipinski definition) is 1. The van der Waals surface area contributed by atoms with E-state index in [2.05, 4.69) is 10.3 Å². The number of halogens is 1. The van der Waals surface area contributed by atoms with Crippen molar-refractivity contribution in [1.82, 2.24) is 4.98 Å². The van der Waals surface area contributed by atoms with E-state index in [1.165, 1.54) is 12.1 Å². The highest BCUT2D eigenvalue weighted by atomic mass is 19.1. The molecule has 20 heavy (non-hydrogen) atoms. The fourth-order valence-electron chi connectivity index (χ4n) is 1.91. The van der Waals surface area contributed by atoms with Crippen molar-refractivity contribution in [3.63, 3.8) is 0 Å². The van der Waals surface area contributed by atoms with Crippen molar-refractivity contribution in [3.05, 3.63) is 63.6 Å². The predicted octanol–water partition coefficient (Wildman–Crippen LogP) is 3.61. The second kappa shape index (κ2) is 5.64. The van der Waals surface area contributed by atoms with Crippen LogP contribution in [-0.4, -0.2) is 9.91 Å². The Hall–Kier alpha value is -2.50. The SMILES string of the molecule is Cc1ccc([N+](=O)[O-])c(NC(C)c2ccccc2F)n1. The average molecular weight is 275 g/mol. The highest BCUT2D eigenvalue weighted by Gasteiger charge is 2.18. The molecule has 0 aliphatic carbocycles. The van der Waals surface area contributed by atoms with Crippen LogP contribution in [0.1, 0.15) is 24.2 Å². The van der Waals surface area contributed by atoms with Gasteiger partial charge in [0.2, 0.25) is 5.82 Å². The summed E-state index contributed by atoms with van der Waals surface area (Å²) in [6.45, 7) is 3.47.